The van der Waals surface area contributed by atoms with Gasteiger partial charge in [0, 0.05) is 36.5 Å². The van der Waals surface area contributed by atoms with Crippen molar-refractivity contribution in [1.29, 1.82) is 0 Å². The van der Waals surface area contributed by atoms with Crippen molar-refractivity contribution in [3.63, 3.8) is 0 Å². The van der Waals surface area contributed by atoms with E-state index in [1.165, 1.54) is 4.90 Å². The molecule has 1 aliphatic carbocycles. The number of carbonyl (C=O) groups is 2. The lowest BCUT2D eigenvalue weighted by Crippen LogP contribution is -2.77. The predicted octanol–water partition coefficient (Wildman–Crippen LogP) is 0.548. The fraction of sp³-hybridized carbons (Fsp3) is 0.857. The first-order chi connectivity index (χ1) is 9.75. The summed E-state index contributed by atoms with van der Waals surface area (Å²) in [7, 11) is 0. The first-order valence-corrected chi connectivity index (χ1v) is 8.43. The molecule has 7 heteroatoms. The molecule has 3 unspecified atom stereocenters. The average Bonchev–Trinajstić information content (AvgIpc) is 2.45. The molecule has 1 aliphatic heterocycles. The van der Waals surface area contributed by atoms with Gasteiger partial charge in [0.1, 0.15) is 11.6 Å². The first-order valence-electron chi connectivity index (χ1n) is 7.27. The van der Waals surface area contributed by atoms with Crippen LogP contribution in [0.1, 0.15) is 27.2 Å². The van der Waals surface area contributed by atoms with Crippen LogP contribution in [0, 0.1) is 5.41 Å². The molecule has 0 radical (unpaired) electrons. The van der Waals surface area contributed by atoms with Crippen LogP contribution in [0.4, 0.5) is 0 Å². The van der Waals surface area contributed by atoms with Gasteiger partial charge in [0.15, 0.2) is 0 Å². The Bertz CT molecular complexity index is 443. The third-order valence-electron chi connectivity index (χ3n) is 4.89. The number of carboxylic acids is 1. The molecule has 3 atom stereocenters. The SMILES string of the molecule is CCOC1CC(N)(C(=O)N2CCSCC2C(=O)O)C1(C)C. The van der Waals surface area contributed by atoms with Gasteiger partial charge < -0.3 is 20.5 Å². The summed E-state index contributed by atoms with van der Waals surface area (Å²) >= 11 is 1.56. The van der Waals surface area contributed by atoms with Crippen molar-refractivity contribution >= 4 is 23.6 Å². The summed E-state index contributed by atoms with van der Waals surface area (Å²) < 4.78 is 5.63. The van der Waals surface area contributed by atoms with Crippen LogP contribution < -0.4 is 5.73 Å². The molecule has 0 aromatic carbocycles. The van der Waals surface area contributed by atoms with Crippen LogP contribution in [0.15, 0.2) is 0 Å². The van der Waals surface area contributed by atoms with Gasteiger partial charge in [-0.15, -0.1) is 0 Å². The van der Waals surface area contributed by atoms with Gasteiger partial charge in [0.25, 0.3) is 0 Å². The zero-order valence-electron chi connectivity index (χ0n) is 12.8. The van der Waals surface area contributed by atoms with Crippen LogP contribution in [-0.2, 0) is 14.3 Å². The number of hydrogen-bond donors (Lipinski definition) is 2. The maximum absolute atomic E-state index is 12.9. The number of amides is 1. The lowest BCUT2D eigenvalue weighted by Gasteiger charge is -2.59. The average molecular weight is 316 g/mol. The maximum atomic E-state index is 12.9. The standard InChI is InChI=1S/C14H24N2O4S/c1-4-20-10-7-14(15,13(10,2)3)12(19)16-5-6-21-8-9(16)11(17)18/h9-10H,4-8,15H2,1-3H3,(H,17,18). The van der Waals surface area contributed by atoms with Crippen molar-refractivity contribution < 1.29 is 19.4 Å². The fourth-order valence-corrected chi connectivity index (χ4v) is 4.14. The molecule has 1 heterocycles. The number of rotatable bonds is 4. The second-order valence-electron chi connectivity index (χ2n) is 6.27. The molecular formula is C14H24N2O4S. The Kier molecular flexibility index (Phi) is 4.56. The Hall–Kier alpha value is -0.790. The van der Waals surface area contributed by atoms with E-state index < -0.39 is 23.0 Å². The second kappa shape index (κ2) is 5.78. The zero-order chi connectivity index (χ0) is 15.8. The zero-order valence-corrected chi connectivity index (χ0v) is 13.6. The monoisotopic (exact) mass is 316 g/mol. The first kappa shape index (κ1) is 16.6. The number of carboxylic acid groups (broad SMARTS) is 1. The van der Waals surface area contributed by atoms with E-state index >= 15 is 0 Å². The lowest BCUT2D eigenvalue weighted by molar-refractivity contribution is -0.182. The topological polar surface area (TPSA) is 92.9 Å². The van der Waals surface area contributed by atoms with Crippen molar-refractivity contribution in [3.8, 4) is 0 Å². The molecule has 0 spiro atoms. The number of nitrogens with zero attached hydrogens (tertiary/aromatic N) is 1. The summed E-state index contributed by atoms with van der Waals surface area (Å²) in [6, 6.07) is -0.779. The highest BCUT2D eigenvalue weighted by Gasteiger charge is 2.64. The summed E-state index contributed by atoms with van der Waals surface area (Å²) in [5.74, 6) is -0.0401. The van der Waals surface area contributed by atoms with Gasteiger partial charge in [-0.25, -0.2) is 4.79 Å². The minimum Gasteiger partial charge on any atom is -0.480 e. The van der Waals surface area contributed by atoms with E-state index in [9.17, 15) is 14.7 Å². The molecule has 2 fully saturated rings. The molecule has 1 amide bonds. The predicted molar refractivity (Wildman–Crippen MR) is 81.2 cm³/mol. The quantitative estimate of drug-likeness (QED) is 0.787. The molecule has 1 saturated carbocycles. The Morgan fingerprint density at radius 1 is 1.48 bits per heavy atom. The molecule has 0 bridgehead atoms. The van der Waals surface area contributed by atoms with Crippen molar-refractivity contribution in [2.75, 3.05) is 24.7 Å². The van der Waals surface area contributed by atoms with Crippen LogP contribution in [0.2, 0.25) is 0 Å². The summed E-state index contributed by atoms with van der Waals surface area (Å²) in [6.45, 7) is 6.77. The van der Waals surface area contributed by atoms with Gasteiger partial charge in [-0.3, -0.25) is 4.79 Å². The lowest BCUT2D eigenvalue weighted by atomic mass is 9.54. The molecule has 6 nitrogen and oxygen atoms in total. The van der Waals surface area contributed by atoms with E-state index in [1.54, 1.807) is 11.8 Å². The number of ether oxygens (including phenoxy) is 1. The largest absolute Gasteiger partial charge is 0.480 e. The van der Waals surface area contributed by atoms with E-state index in [2.05, 4.69) is 0 Å². The second-order valence-corrected chi connectivity index (χ2v) is 7.42. The maximum Gasteiger partial charge on any atom is 0.327 e. The highest BCUT2D eigenvalue weighted by atomic mass is 32.2. The number of nitrogens with two attached hydrogens (primary N) is 1. The molecule has 2 rings (SSSR count). The van der Waals surface area contributed by atoms with E-state index in [0.29, 0.717) is 25.3 Å². The van der Waals surface area contributed by atoms with Crippen molar-refractivity contribution in [3.05, 3.63) is 0 Å². The number of carbonyl (C=O) groups excluding carboxylic acids is 1. The highest BCUT2D eigenvalue weighted by Crippen LogP contribution is 2.50. The smallest absolute Gasteiger partial charge is 0.327 e. The Labute approximate surface area is 129 Å². The van der Waals surface area contributed by atoms with E-state index in [4.69, 9.17) is 10.5 Å². The third kappa shape index (κ3) is 2.55. The van der Waals surface area contributed by atoms with Crippen LogP contribution in [0.5, 0.6) is 0 Å². The number of hydrogen-bond acceptors (Lipinski definition) is 5. The number of thioether (sulfide) groups is 1. The van der Waals surface area contributed by atoms with Crippen molar-refractivity contribution in [2.45, 2.75) is 44.9 Å². The molecular weight excluding hydrogens is 292 g/mol. The molecule has 0 aromatic rings. The third-order valence-corrected chi connectivity index (χ3v) is 5.91. The Balaban J connectivity index is 2.17. The Morgan fingerprint density at radius 3 is 2.67 bits per heavy atom. The van der Waals surface area contributed by atoms with Crippen LogP contribution in [0.3, 0.4) is 0 Å². The van der Waals surface area contributed by atoms with E-state index in [0.717, 1.165) is 5.75 Å². The summed E-state index contributed by atoms with van der Waals surface area (Å²) in [6.07, 6.45) is 0.390. The van der Waals surface area contributed by atoms with Gasteiger partial charge in [-0.2, -0.15) is 11.8 Å². The molecule has 2 aliphatic rings. The van der Waals surface area contributed by atoms with Crippen LogP contribution >= 0.6 is 11.8 Å². The van der Waals surface area contributed by atoms with Gasteiger partial charge in [0.05, 0.1) is 6.10 Å². The van der Waals surface area contributed by atoms with Crippen LogP contribution in [-0.4, -0.2) is 64.2 Å². The minimum atomic E-state index is -1.04. The minimum absolute atomic E-state index is 0.0566. The van der Waals surface area contributed by atoms with E-state index in [-0.39, 0.29) is 12.0 Å². The molecule has 0 aromatic heterocycles. The molecule has 21 heavy (non-hydrogen) atoms. The van der Waals surface area contributed by atoms with Gasteiger partial charge in [0.2, 0.25) is 5.91 Å². The molecule has 120 valence electrons. The van der Waals surface area contributed by atoms with Crippen LogP contribution in [0.25, 0.3) is 0 Å². The summed E-state index contributed by atoms with van der Waals surface area (Å²) in [5, 5.41) is 9.31. The summed E-state index contributed by atoms with van der Waals surface area (Å²) in [4.78, 5) is 25.7. The fourth-order valence-electron chi connectivity index (χ4n) is 3.11. The summed E-state index contributed by atoms with van der Waals surface area (Å²) in [5.41, 5.74) is 4.84. The Morgan fingerprint density at radius 2 is 2.14 bits per heavy atom. The van der Waals surface area contributed by atoms with Gasteiger partial charge in [-0.1, -0.05) is 13.8 Å². The van der Waals surface area contributed by atoms with Gasteiger partial charge in [-0.05, 0) is 6.92 Å². The normalized spacial score (nSPS) is 35.1. The van der Waals surface area contributed by atoms with Gasteiger partial charge >= 0.3 is 5.97 Å². The molecule has 3 N–H and O–H groups in total. The number of aliphatic carboxylic acids is 1. The molecule has 1 saturated heterocycles. The van der Waals surface area contributed by atoms with Crippen molar-refractivity contribution in [1.82, 2.24) is 4.90 Å². The highest BCUT2D eigenvalue weighted by molar-refractivity contribution is 7.99. The van der Waals surface area contributed by atoms with E-state index in [1.807, 2.05) is 20.8 Å². The van der Waals surface area contributed by atoms with Crippen molar-refractivity contribution in [2.24, 2.45) is 11.1 Å².